The lowest BCUT2D eigenvalue weighted by Crippen LogP contribution is -2.50. The summed E-state index contributed by atoms with van der Waals surface area (Å²) in [5.74, 6) is 0.415. The zero-order valence-electron chi connectivity index (χ0n) is 19.3. The van der Waals surface area contributed by atoms with Gasteiger partial charge in [-0.3, -0.25) is 9.78 Å². The highest BCUT2D eigenvalue weighted by atomic mass is 16.5. The van der Waals surface area contributed by atoms with E-state index in [4.69, 9.17) is 9.47 Å². The summed E-state index contributed by atoms with van der Waals surface area (Å²) in [4.78, 5) is 45.0. The molecule has 3 aromatic rings. The zero-order chi connectivity index (χ0) is 24.1. The average Bonchev–Trinajstić information content (AvgIpc) is 2.89. The van der Waals surface area contributed by atoms with Gasteiger partial charge in [0, 0.05) is 43.4 Å². The summed E-state index contributed by atoms with van der Waals surface area (Å²) in [5, 5.41) is 3.31. The first-order chi connectivity index (χ1) is 16.5. The normalized spacial score (nSPS) is 17.7. The number of piperidine rings is 1. The van der Waals surface area contributed by atoms with Gasteiger partial charge in [-0.25, -0.2) is 19.7 Å². The van der Waals surface area contributed by atoms with E-state index in [0.717, 1.165) is 12.8 Å². The monoisotopic (exact) mass is 462 g/mol. The average molecular weight is 463 g/mol. The maximum absolute atomic E-state index is 13.6. The Labute approximate surface area is 197 Å². The van der Waals surface area contributed by atoms with Gasteiger partial charge >= 0.3 is 5.97 Å². The molecular formula is C24H26N6O4. The van der Waals surface area contributed by atoms with Crippen LogP contribution in [0.1, 0.15) is 40.6 Å². The lowest BCUT2D eigenvalue weighted by Gasteiger charge is -2.38. The highest BCUT2D eigenvalue weighted by molar-refractivity contribution is 5.99. The predicted octanol–water partition coefficient (Wildman–Crippen LogP) is 2.83. The highest BCUT2D eigenvalue weighted by Gasteiger charge is 2.33. The second-order valence-electron chi connectivity index (χ2n) is 7.93. The topological polar surface area (TPSA) is 119 Å². The van der Waals surface area contributed by atoms with E-state index in [1.807, 2.05) is 6.92 Å². The minimum Gasteiger partial charge on any atom is -0.496 e. The molecular weight excluding hydrogens is 436 g/mol. The Morgan fingerprint density at radius 2 is 1.76 bits per heavy atom. The second kappa shape index (κ2) is 10.2. The van der Waals surface area contributed by atoms with Crippen molar-refractivity contribution in [2.45, 2.75) is 31.8 Å². The molecule has 10 heteroatoms. The molecule has 10 nitrogen and oxygen atoms in total. The molecule has 1 aliphatic rings. The maximum atomic E-state index is 13.6. The molecule has 0 unspecified atom stereocenters. The Morgan fingerprint density at radius 1 is 1.00 bits per heavy atom. The van der Waals surface area contributed by atoms with Gasteiger partial charge in [0.15, 0.2) is 5.82 Å². The molecule has 1 N–H and O–H groups in total. The summed E-state index contributed by atoms with van der Waals surface area (Å²) >= 11 is 0. The van der Waals surface area contributed by atoms with Gasteiger partial charge in [0.25, 0.3) is 5.91 Å². The number of hydrogen-bond donors (Lipinski definition) is 1. The molecule has 1 amide bonds. The molecule has 4 heterocycles. The lowest BCUT2D eigenvalue weighted by molar-refractivity contribution is 0.0590. The van der Waals surface area contributed by atoms with E-state index >= 15 is 0 Å². The Bertz CT molecular complexity index is 1170. The molecule has 4 rings (SSSR count). The SMILES string of the molecule is COC(=O)c1c(OC)ccnc1N[C@@H]1CC[C@@H](C)N(C(=O)c2ncccc2-c2ncccn2)C1. The first-order valence-corrected chi connectivity index (χ1v) is 10.9. The van der Waals surface area contributed by atoms with Crippen molar-refractivity contribution < 1.29 is 19.1 Å². The molecule has 0 aromatic carbocycles. The van der Waals surface area contributed by atoms with Crippen molar-refractivity contribution in [3.63, 3.8) is 0 Å². The maximum Gasteiger partial charge on any atom is 0.345 e. The van der Waals surface area contributed by atoms with Crippen molar-refractivity contribution in [3.8, 4) is 17.1 Å². The quantitative estimate of drug-likeness (QED) is 0.551. The van der Waals surface area contributed by atoms with Gasteiger partial charge in [-0.05, 0) is 44.0 Å². The van der Waals surface area contributed by atoms with Crippen molar-refractivity contribution in [2.24, 2.45) is 0 Å². The van der Waals surface area contributed by atoms with Crippen molar-refractivity contribution >= 4 is 17.7 Å². The van der Waals surface area contributed by atoms with Crippen molar-refractivity contribution in [2.75, 3.05) is 26.1 Å². The number of nitrogens with zero attached hydrogens (tertiary/aromatic N) is 5. The van der Waals surface area contributed by atoms with Crippen LogP contribution in [0.2, 0.25) is 0 Å². The van der Waals surface area contributed by atoms with Gasteiger partial charge in [0.1, 0.15) is 22.8 Å². The minimum absolute atomic E-state index is 0.00967. The molecule has 1 saturated heterocycles. The van der Waals surface area contributed by atoms with E-state index < -0.39 is 5.97 Å². The molecule has 34 heavy (non-hydrogen) atoms. The number of esters is 1. The fourth-order valence-corrected chi connectivity index (χ4v) is 4.05. The number of pyridine rings is 2. The number of ether oxygens (including phenoxy) is 2. The first-order valence-electron chi connectivity index (χ1n) is 10.9. The van der Waals surface area contributed by atoms with Gasteiger partial charge in [0.2, 0.25) is 0 Å². The van der Waals surface area contributed by atoms with Crippen LogP contribution in [-0.2, 0) is 4.74 Å². The smallest absolute Gasteiger partial charge is 0.345 e. The molecule has 0 spiro atoms. The van der Waals surface area contributed by atoms with Crippen LogP contribution in [0, 0.1) is 0 Å². The fourth-order valence-electron chi connectivity index (χ4n) is 4.05. The number of anilines is 1. The number of nitrogens with one attached hydrogen (secondary N) is 1. The summed E-state index contributed by atoms with van der Waals surface area (Å²) in [6.45, 7) is 2.42. The number of carbonyl (C=O) groups excluding carboxylic acids is 2. The molecule has 0 aliphatic carbocycles. The largest absolute Gasteiger partial charge is 0.496 e. The molecule has 0 saturated carbocycles. The van der Waals surface area contributed by atoms with E-state index in [2.05, 4.69) is 25.3 Å². The Kier molecular flexibility index (Phi) is 6.95. The summed E-state index contributed by atoms with van der Waals surface area (Å²) < 4.78 is 10.2. The number of methoxy groups -OCH3 is 2. The molecule has 1 aliphatic heterocycles. The van der Waals surface area contributed by atoms with E-state index in [0.29, 0.717) is 35.2 Å². The number of likely N-dealkylation sites (tertiary alicyclic amines) is 1. The molecule has 176 valence electrons. The van der Waals surface area contributed by atoms with Crippen LogP contribution in [-0.4, -0.2) is 69.6 Å². The molecule has 2 atom stereocenters. The number of amides is 1. The third-order valence-electron chi connectivity index (χ3n) is 5.82. The van der Waals surface area contributed by atoms with Crippen LogP contribution in [0.4, 0.5) is 5.82 Å². The highest BCUT2D eigenvalue weighted by Crippen LogP contribution is 2.29. The van der Waals surface area contributed by atoms with Gasteiger partial charge in [-0.1, -0.05) is 0 Å². The molecule has 0 radical (unpaired) electrons. The fraction of sp³-hybridized carbons (Fsp3) is 0.333. The van der Waals surface area contributed by atoms with Crippen molar-refractivity contribution in [3.05, 3.63) is 60.3 Å². The Balaban J connectivity index is 1.59. The van der Waals surface area contributed by atoms with Gasteiger partial charge in [-0.15, -0.1) is 0 Å². The predicted molar refractivity (Wildman–Crippen MR) is 125 cm³/mol. The Hall–Kier alpha value is -4.08. The van der Waals surface area contributed by atoms with E-state index in [1.165, 1.54) is 14.2 Å². The summed E-state index contributed by atoms with van der Waals surface area (Å²) in [6.07, 6.45) is 7.97. The lowest BCUT2D eigenvalue weighted by atomic mass is 9.98. The van der Waals surface area contributed by atoms with Crippen molar-refractivity contribution in [1.29, 1.82) is 0 Å². The van der Waals surface area contributed by atoms with Crippen LogP contribution >= 0.6 is 0 Å². The molecule has 3 aromatic heterocycles. The van der Waals surface area contributed by atoms with Gasteiger partial charge < -0.3 is 19.7 Å². The number of rotatable bonds is 6. The number of aromatic nitrogens is 4. The summed E-state index contributed by atoms with van der Waals surface area (Å²) in [6, 6.07) is 6.75. The van der Waals surface area contributed by atoms with Crippen LogP contribution in [0.25, 0.3) is 11.4 Å². The van der Waals surface area contributed by atoms with Crippen molar-refractivity contribution in [1.82, 2.24) is 24.8 Å². The zero-order valence-corrected chi connectivity index (χ0v) is 19.3. The van der Waals surface area contributed by atoms with Crippen LogP contribution in [0.5, 0.6) is 5.75 Å². The van der Waals surface area contributed by atoms with Crippen LogP contribution in [0.3, 0.4) is 0 Å². The van der Waals surface area contributed by atoms with Gasteiger partial charge in [0.05, 0.1) is 19.8 Å². The minimum atomic E-state index is -0.550. The number of hydrogen-bond acceptors (Lipinski definition) is 9. The summed E-state index contributed by atoms with van der Waals surface area (Å²) in [7, 11) is 2.79. The second-order valence-corrected chi connectivity index (χ2v) is 7.93. The van der Waals surface area contributed by atoms with E-state index in [1.54, 1.807) is 54.0 Å². The van der Waals surface area contributed by atoms with Gasteiger partial charge in [-0.2, -0.15) is 0 Å². The summed E-state index contributed by atoms with van der Waals surface area (Å²) in [5.41, 5.74) is 1.10. The Morgan fingerprint density at radius 3 is 2.50 bits per heavy atom. The molecule has 0 bridgehead atoms. The van der Waals surface area contributed by atoms with Crippen LogP contribution in [0.15, 0.2) is 49.1 Å². The van der Waals surface area contributed by atoms with E-state index in [-0.39, 0.29) is 23.6 Å². The number of carbonyl (C=O) groups is 2. The molecule has 1 fully saturated rings. The van der Waals surface area contributed by atoms with E-state index in [9.17, 15) is 9.59 Å². The standard InChI is InChI=1S/C24H26N6O4/c1-15-7-8-16(29-22-19(24(32)34-3)18(33-2)9-13-28-22)14-30(15)23(31)20-17(6-4-10-25-20)21-26-11-5-12-27-21/h4-6,9-13,15-16H,7-8,14H2,1-3H3,(H,28,29)/t15-,16-/m1/s1. The third kappa shape index (κ3) is 4.66. The first kappa shape index (κ1) is 23.1. The third-order valence-corrected chi connectivity index (χ3v) is 5.82. The van der Waals surface area contributed by atoms with Crippen LogP contribution < -0.4 is 10.1 Å².